The van der Waals surface area contributed by atoms with Crippen LogP contribution in [-0.2, 0) is 17.4 Å². The normalized spacial score (nSPS) is 20.1. The second-order valence-corrected chi connectivity index (χ2v) is 5.16. The molecular formula is C13H13ClF3NO. The molecule has 1 aliphatic rings. The molecule has 1 aliphatic heterocycles. The van der Waals surface area contributed by atoms with Gasteiger partial charge in [-0.05, 0) is 18.1 Å². The van der Waals surface area contributed by atoms with Gasteiger partial charge in [0.15, 0.2) is 0 Å². The maximum absolute atomic E-state index is 12.8. The smallest absolute Gasteiger partial charge is 0.341 e. The zero-order chi connectivity index (χ0) is 14.0. The molecular weight excluding hydrogens is 279 g/mol. The van der Waals surface area contributed by atoms with Crippen LogP contribution in [0.5, 0.6) is 0 Å². The Morgan fingerprint density at radius 2 is 2.00 bits per heavy atom. The summed E-state index contributed by atoms with van der Waals surface area (Å²) in [6, 6.07) is 5.44. The molecule has 1 aromatic rings. The Labute approximate surface area is 114 Å². The van der Waals surface area contributed by atoms with Crippen molar-refractivity contribution in [3.8, 4) is 0 Å². The standard InChI is InChI=1S/C13H13ClF3NO/c14-10-7-12(19)18(8-10)6-5-9-3-1-2-4-11(9)13(15,16)17/h1-4,10H,5-8H2. The second-order valence-electron chi connectivity index (χ2n) is 4.55. The highest BCUT2D eigenvalue weighted by molar-refractivity contribution is 6.22. The third kappa shape index (κ3) is 3.41. The number of likely N-dealkylation sites (tertiary alicyclic amines) is 1. The molecule has 1 heterocycles. The molecule has 0 spiro atoms. The Bertz CT molecular complexity index is 475. The largest absolute Gasteiger partial charge is 0.416 e. The number of amides is 1. The Hall–Kier alpha value is -1.23. The van der Waals surface area contributed by atoms with E-state index in [1.807, 2.05) is 0 Å². The van der Waals surface area contributed by atoms with Crippen LogP contribution < -0.4 is 0 Å². The van der Waals surface area contributed by atoms with Crippen LogP contribution in [-0.4, -0.2) is 29.3 Å². The summed E-state index contributed by atoms with van der Waals surface area (Å²) in [6.07, 6.45) is -3.91. The SMILES string of the molecule is O=C1CC(Cl)CN1CCc1ccccc1C(F)(F)F. The summed E-state index contributed by atoms with van der Waals surface area (Å²) < 4.78 is 38.4. The quantitative estimate of drug-likeness (QED) is 0.784. The lowest BCUT2D eigenvalue weighted by Gasteiger charge is -2.18. The number of rotatable bonds is 3. The molecule has 1 fully saturated rings. The van der Waals surface area contributed by atoms with Gasteiger partial charge in [0.1, 0.15) is 0 Å². The van der Waals surface area contributed by atoms with Crippen molar-refractivity contribution >= 4 is 17.5 Å². The van der Waals surface area contributed by atoms with Gasteiger partial charge in [-0.2, -0.15) is 13.2 Å². The average molecular weight is 292 g/mol. The molecule has 6 heteroatoms. The Kier molecular flexibility index (Phi) is 4.04. The van der Waals surface area contributed by atoms with Crippen molar-refractivity contribution in [3.63, 3.8) is 0 Å². The van der Waals surface area contributed by atoms with Gasteiger partial charge in [-0.1, -0.05) is 18.2 Å². The van der Waals surface area contributed by atoms with Gasteiger partial charge in [-0.25, -0.2) is 0 Å². The van der Waals surface area contributed by atoms with Crippen molar-refractivity contribution < 1.29 is 18.0 Å². The molecule has 0 aliphatic carbocycles. The number of halogens is 4. The maximum Gasteiger partial charge on any atom is 0.416 e. The topological polar surface area (TPSA) is 20.3 Å². The molecule has 104 valence electrons. The molecule has 0 radical (unpaired) electrons. The second kappa shape index (κ2) is 5.41. The molecule has 2 nitrogen and oxygen atoms in total. The Morgan fingerprint density at radius 1 is 1.32 bits per heavy atom. The van der Waals surface area contributed by atoms with Gasteiger partial charge in [0.25, 0.3) is 0 Å². The lowest BCUT2D eigenvalue weighted by molar-refractivity contribution is -0.138. The third-order valence-corrected chi connectivity index (χ3v) is 3.43. The van der Waals surface area contributed by atoms with Gasteiger partial charge in [0, 0.05) is 19.5 Å². The molecule has 0 N–H and O–H groups in total. The van der Waals surface area contributed by atoms with E-state index in [9.17, 15) is 18.0 Å². The third-order valence-electron chi connectivity index (χ3n) is 3.14. The van der Waals surface area contributed by atoms with E-state index < -0.39 is 11.7 Å². The van der Waals surface area contributed by atoms with Crippen molar-refractivity contribution in [1.29, 1.82) is 0 Å². The number of alkyl halides is 4. The summed E-state index contributed by atoms with van der Waals surface area (Å²) in [5, 5.41) is -0.231. The molecule has 1 atom stereocenters. The predicted octanol–water partition coefficient (Wildman–Crippen LogP) is 3.09. The Morgan fingerprint density at radius 3 is 2.58 bits per heavy atom. The van der Waals surface area contributed by atoms with Gasteiger partial charge >= 0.3 is 6.18 Å². The summed E-state index contributed by atoms with van der Waals surface area (Å²) in [5.74, 6) is -0.0931. The first-order valence-corrected chi connectivity index (χ1v) is 6.38. The number of carbonyl (C=O) groups is 1. The highest BCUT2D eigenvalue weighted by Gasteiger charge is 2.33. The molecule has 1 amide bonds. The minimum atomic E-state index is -4.36. The molecule has 1 unspecified atom stereocenters. The Balaban J connectivity index is 2.06. The summed E-state index contributed by atoms with van der Waals surface area (Å²) in [7, 11) is 0. The van der Waals surface area contributed by atoms with Gasteiger partial charge < -0.3 is 4.90 Å². The number of nitrogens with zero attached hydrogens (tertiary/aromatic N) is 1. The van der Waals surface area contributed by atoms with Crippen LogP contribution in [0.15, 0.2) is 24.3 Å². The van der Waals surface area contributed by atoms with Gasteiger partial charge in [0.05, 0.1) is 10.9 Å². The van der Waals surface area contributed by atoms with Crippen LogP contribution in [0.25, 0.3) is 0 Å². The number of benzene rings is 1. The van der Waals surface area contributed by atoms with Crippen molar-refractivity contribution in [2.45, 2.75) is 24.4 Å². The summed E-state index contributed by atoms with van der Waals surface area (Å²) in [6.45, 7) is 0.684. The highest BCUT2D eigenvalue weighted by atomic mass is 35.5. The van der Waals surface area contributed by atoms with Crippen molar-refractivity contribution in [1.82, 2.24) is 4.90 Å². The van der Waals surface area contributed by atoms with E-state index in [-0.39, 0.29) is 36.2 Å². The van der Waals surface area contributed by atoms with E-state index in [1.165, 1.54) is 17.0 Å². The van der Waals surface area contributed by atoms with E-state index in [4.69, 9.17) is 11.6 Å². The van der Waals surface area contributed by atoms with Gasteiger partial charge in [-0.15, -0.1) is 11.6 Å². The maximum atomic E-state index is 12.8. The lowest BCUT2D eigenvalue weighted by Crippen LogP contribution is -2.28. The van der Waals surface area contributed by atoms with E-state index >= 15 is 0 Å². The zero-order valence-corrected chi connectivity index (χ0v) is 10.8. The highest BCUT2D eigenvalue weighted by Crippen LogP contribution is 2.32. The van der Waals surface area contributed by atoms with E-state index in [0.717, 1.165) is 6.07 Å². The minimum Gasteiger partial charge on any atom is -0.341 e. The van der Waals surface area contributed by atoms with E-state index in [2.05, 4.69) is 0 Å². The molecule has 19 heavy (non-hydrogen) atoms. The number of hydrogen-bond donors (Lipinski definition) is 0. The van der Waals surface area contributed by atoms with Crippen LogP contribution in [0, 0.1) is 0 Å². The fraction of sp³-hybridized carbons (Fsp3) is 0.462. The lowest BCUT2D eigenvalue weighted by atomic mass is 10.0. The molecule has 0 bridgehead atoms. The van der Waals surface area contributed by atoms with E-state index in [1.54, 1.807) is 6.07 Å². The van der Waals surface area contributed by atoms with Crippen LogP contribution >= 0.6 is 11.6 Å². The zero-order valence-electron chi connectivity index (χ0n) is 10.1. The molecule has 0 aromatic heterocycles. The van der Waals surface area contributed by atoms with Crippen LogP contribution in [0.3, 0.4) is 0 Å². The summed E-state index contributed by atoms with van der Waals surface area (Å²) in [5.41, 5.74) is -0.426. The van der Waals surface area contributed by atoms with E-state index in [0.29, 0.717) is 6.54 Å². The molecule has 0 saturated carbocycles. The first-order valence-electron chi connectivity index (χ1n) is 5.95. The van der Waals surface area contributed by atoms with Crippen LogP contribution in [0.4, 0.5) is 13.2 Å². The first kappa shape index (κ1) is 14.2. The van der Waals surface area contributed by atoms with Crippen LogP contribution in [0.1, 0.15) is 17.5 Å². The summed E-state index contributed by atoms with van der Waals surface area (Å²) >= 11 is 5.84. The molecule has 1 saturated heterocycles. The van der Waals surface area contributed by atoms with Gasteiger partial charge in [0.2, 0.25) is 5.91 Å². The van der Waals surface area contributed by atoms with Crippen molar-refractivity contribution in [2.75, 3.05) is 13.1 Å². The fourth-order valence-electron chi connectivity index (χ4n) is 2.21. The fourth-order valence-corrected chi connectivity index (χ4v) is 2.51. The average Bonchev–Trinajstić information content (AvgIpc) is 2.64. The predicted molar refractivity (Wildman–Crippen MR) is 66.0 cm³/mol. The first-order chi connectivity index (χ1) is 8.88. The molecule has 2 rings (SSSR count). The number of carbonyl (C=O) groups excluding carboxylic acids is 1. The summed E-state index contributed by atoms with van der Waals surface area (Å²) in [4.78, 5) is 13.0. The minimum absolute atomic E-state index is 0.0931. The molecule has 1 aromatic carbocycles. The van der Waals surface area contributed by atoms with Crippen molar-refractivity contribution in [3.05, 3.63) is 35.4 Å². The van der Waals surface area contributed by atoms with Gasteiger partial charge in [-0.3, -0.25) is 4.79 Å². The van der Waals surface area contributed by atoms with Crippen LogP contribution in [0.2, 0.25) is 0 Å². The van der Waals surface area contributed by atoms with Crippen molar-refractivity contribution in [2.24, 2.45) is 0 Å². The number of hydrogen-bond acceptors (Lipinski definition) is 1. The monoisotopic (exact) mass is 291 g/mol.